The van der Waals surface area contributed by atoms with Crippen molar-refractivity contribution in [1.29, 1.82) is 0 Å². The van der Waals surface area contributed by atoms with E-state index in [1.165, 1.54) is 18.6 Å². The summed E-state index contributed by atoms with van der Waals surface area (Å²) in [4.78, 5) is 11.9. The predicted octanol–water partition coefficient (Wildman–Crippen LogP) is 2.90. The number of halogens is 1. The minimum atomic E-state index is -0.739. The molecule has 6 heteroatoms. The first-order chi connectivity index (χ1) is 11.5. The smallest absolute Gasteiger partial charge is 0.314 e. The van der Waals surface area contributed by atoms with Gasteiger partial charge in [0.1, 0.15) is 5.82 Å². The highest BCUT2D eigenvalue weighted by Crippen LogP contribution is 2.18. The normalized spacial score (nSPS) is 20.2. The maximum Gasteiger partial charge on any atom is 0.314 e. The molecule has 0 aromatic heterocycles. The van der Waals surface area contributed by atoms with E-state index in [1.807, 2.05) is 6.92 Å². The van der Waals surface area contributed by atoms with E-state index in [-0.39, 0.29) is 24.0 Å². The van der Waals surface area contributed by atoms with Gasteiger partial charge in [0.25, 0.3) is 0 Å². The van der Waals surface area contributed by atoms with Gasteiger partial charge < -0.3 is 20.5 Å². The number of ether oxygens (including phenoxy) is 1. The zero-order valence-electron chi connectivity index (χ0n) is 14.1. The molecular weight excluding hydrogens is 311 g/mol. The predicted molar refractivity (Wildman–Crippen MR) is 90.2 cm³/mol. The Hall–Kier alpha value is -1.66. The number of nitrogens with one attached hydrogen (secondary N) is 2. The number of carbonyl (C=O) groups is 1. The van der Waals surface area contributed by atoms with Gasteiger partial charge in [-0.3, -0.25) is 0 Å². The van der Waals surface area contributed by atoms with E-state index in [4.69, 9.17) is 4.74 Å². The van der Waals surface area contributed by atoms with Crippen molar-refractivity contribution < 1.29 is 19.0 Å². The average Bonchev–Trinajstić information content (AvgIpc) is 2.56. The quantitative estimate of drug-likeness (QED) is 0.716. The van der Waals surface area contributed by atoms with Gasteiger partial charge in [0.2, 0.25) is 0 Å². The van der Waals surface area contributed by atoms with Gasteiger partial charge in [-0.2, -0.15) is 0 Å². The third-order valence-corrected chi connectivity index (χ3v) is 4.23. The summed E-state index contributed by atoms with van der Waals surface area (Å²) in [6, 6.07) is 5.29. The van der Waals surface area contributed by atoms with Crippen LogP contribution in [0.3, 0.4) is 0 Å². The number of hydrogen-bond donors (Lipinski definition) is 3. The fourth-order valence-electron chi connectivity index (χ4n) is 2.87. The molecule has 0 radical (unpaired) electrons. The topological polar surface area (TPSA) is 70.6 Å². The van der Waals surface area contributed by atoms with Crippen LogP contribution in [0.15, 0.2) is 24.3 Å². The lowest BCUT2D eigenvalue weighted by molar-refractivity contribution is 0.0120. The first-order valence-corrected chi connectivity index (χ1v) is 8.64. The van der Waals surface area contributed by atoms with Crippen LogP contribution >= 0.6 is 0 Å². The Balaban J connectivity index is 1.64. The summed E-state index contributed by atoms with van der Waals surface area (Å²) in [6.45, 7) is 3.22. The van der Waals surface area contributed by atoms with Crippen LogP contribution in [0, 0.1) is 5.82 Å². The number of urea groups is 1. The molecule has 134 valence electrons. The van der Waals surface area contributed by atoms with Crippen molar-refractivity contribution in [2.24, 2.45) is 0 Å². The third kappa shape index (κ3) is 6.45. The largest absolute Gasteiger partial charge is 0.388 e. The number of carbonyl (C=O) groups excluding carboxylic acids is 1. The van der Waals surface area contributed by atoms with Gasteiger partial charge in [-0.15, -0.1) is 0 Å². The maximum atomic E-state index is 12.9. The van der Waals surface area contributed by atoms with Crippen molar-refractivity contribution in [1.82, 2.24) is 10.6 Å². The van der Waals surface area contributed by atoms with Crippen LogP contribution in [0.5, 0.6) is 0 Å². The van der Waals surface area contributed by atoms with Gasteiger partial charge in [0.05, 0.1) is 12.2 Å². The molecule has 1 aromatic carbocycles. The number of rotatable bonds is 7. The standard InChI is InChI=1S/C18H27FN2O3/c1-13(12-17(22)14-5-7-15(19)8-6-14)21-18(23)20-10-9-16-4-2-3-11-24-16/h5-8,13,16-17,22H,2-4,9-12H2,1H3,(H2,20,21,23). The van der Waals surface area contributed by atoms with Crippen molar-refractivity contribution in [3.63, 3.8) is 0 Å². The lowest BCUT2D eigenvalue weighted by Crippen LogP contribution is -2.42. The molecule has 2 amide bonds. The molecule has 24 heavy (non-hydrogen) atoms. The zero-order valence-corrected chi connectivity index (χ0v) is 14.1. The summed E-state index contributed by atoms with van der Waals surface area (Å²) < 4.78 is 18.5. The first kappa shape index (κ1) is 18.7. The molecule has 1 fully saturated rings. The van der Waals surface area contributed by atoms with E-state index in [1.54, 1.807) is 12.1 Å². The summed E-state index contributed by atoms with van der Waals surface area (Å²) >= 11 is 0. The number of aliphatic hydroxyl groups excluding tert-OH is 1. The zero-order chi connectivity index (χ0) is 17.4. The summed E-state index contributed by atoms with van der Waals surface area (Å²) in [5.41, 5.74) is 0.639. The minimum absolute atomic E-state index is 0.198. The summed E-state index contributed by atoms with van der Waals surface area (Å²) in [6.07, 6.45) is 4.07. The molecule has 1 aromatic rings. The van der Waals surface area contributed by atoms with Gasteiger partial charge in [-0.25, -0.2) is 9.18 Å². The van der Waals surface area contributed by atoms with Gasteiger partial charge in [-0.05, 0) is 56.7 Å². The minimum Gasteiger partial charge on any atom is -0.388 e. The lowest BCUT2D eigenvalue weighted by Gasteiger charge is -2.23. The Morgan fingerprint density at radius 1 is 1.38 bits per heavy atom. The molecule has 1 heterocycles. The van der Waals surface area contributed by atoms with Crippen LogP contribution < -0.4 is 10.6 Å². The van der Waals surface area contributed by atoms with Crippen LogP contribution in [0.25, 0.3) is 0 Å². The number of hydrogen-bond acceptors (Lipinski definition) is 3. The molecule has 0 saturated carbocycles. The van der Waals surface area contributed by atoms with Crippen molar-refractivity contribution >= 4 is 6.03 Å². The average molecular weight is 338 g/mol. The molecule has 3 N–H and O–H groups in total. The van der Waals surface area contributed by atoms with Crippen LogP contribution in [-0.4, -0.2) is 36.4 Å². The number of aliphatic hydroxyl groups is 1. The van der Waals surface area contributed by atoms with Gasteiger partial charge in [0.15, 0.2) is 0 Å². The second-order valence-electron chi connectivity index (χ2n) is 6.38. The van der Waals surface area contributed by atoms with Crippen molar-refractivity contribution in [3.8, 4) is 0 Å². The molecule has 1 aliphatic heterocycles. The maximum absolute atomic E-state index is 12.9. The third-order valence-electron chi connectivity index (χ3n) is 4.23. The molecule has 1 saturated heterocycles. The van der Waals surface area contributed by atoms with Crippen molar-refractivity contribution in [2.75, 3.05) is 13.2 Å². The second kappa shape index (κ2) is 9.59. The van der Waals surface area contributed by atoms with Gasteiger partial charge in [0, 0.05) is 19.2 Å². The SMILES string of the molecule is CC(CC(O)c1ccc(F)cc1)NC(=O)NCCC1CCCCO1. The Labute approximate surface area is 142 Å². The van der Waals surface area contributed by atoms with E-state index in [9.17, 15) is 14.3 Å². The van der Waals surface area contributed by atoms with E-state index in [0.29, 0.717) is 18.5 Å². The van der Waals surface area contributed by atoms with Gasteiger partial charge >= 0.3 is 6.03 Å². The highest BCUT2D eigenvalue weighted by Gasteiger charge is 2.16. The van der Waals surface area contributed by atoms with Crippen LogP contribution in [0.1, 0.15) is 50.7 Å². The van der Waals surface area contributed by atoms with Crippen LogP contribution in [0.2, 0.25) is 0 Å². The molecule has 0 aliphatic carbocycles. The fraction of sp³-hybridized carbons (Fsp3) is 0.611. The molecule has 3 atom stereocenters. The Morgan fingerprint density at radius 2 is 2.12 bits per heavy atom. The molecule has 3 unspecified atom stereocenters. The fourth-order valence-corrected chi connectivity index (χ4v) is 2.87. The summed E-state index contributed by atoms with van der Waals surface area (Å²) in [7, 11) is 0. The highest BCUT2D eigenvalue weighted by atomic mass is 19.1. The Bertz CT molecular complexity index is 503. The molecular formula is C18H27FN2O3. The van der Waals surface area contributed by atoms with E-state index < -0.39 is 6.10 Å². The van der Waals surface area contributed by atoms with Gasteiger partial charge in [-0.1, -0.05) is 12.1 Å². The number of amides is 2. The molecule has 2 rings (SSSR count). The first-order valence-electron chi connectivity index (χ1n) is 8.64. The van der Waals surface area contributed by atoms with Crippen molar-refractivity contribution in [3.05, 3.63) is 35.6 Å². The number of benzene rings is 1. The molecule has 5 nitrogen and oxygen atoms in total. The summed E-state index contributed by atoms with van der Waals surface area (Å²) in [5.74, 6) is -0.335. The van der Waals surface area contributed by atoms with E-state index in [0.717, 1.165) is 25.9 Å². The molecule has 0 spiro atoms. The highest BCUT2D eigenvalue weighted by molar-refractivity contribution is 5.74. The summed E-state index contributed by atoms with van der Waals surface area (Å²) in [5, 5.41) is 15.8. The van der Waals surface area contributed by atoms with Crippen LogP contribution in [0.4, 0.5) is 9.18 Å². The molecule has 1 aliphatic rings. The Morgan fingerprint density at radius 3 is 2.79 bits per heavy atom. The van der Waals surface area contributed by atoms with Crippen molar-refractivity contribution in [2.45, 2.75) is 57.3 Å². The monoisotopic (exact) mass is 338 g/mol. The van der Waals surface area contributed by atoms with E-state index in [2.05, 4.69) is 10.6 Å². The lowest BCUT2D eigenvalue weighted by atomic mass is 10.0. The molecule has 0 bridgehead atoms. The Kier molecular flexibility index (Phi) is 7.46. The van der Waals surface area contributed by atoms with E-state index >= 15 is 0 Å². The van der Waals surface area contributed by atoms with Crippen LogP contribution in [-0.2, 0) is 4.74 Å². The second-order valence-corrected chi connectivity index (χ2v) is 6.38.